The van der Waals surface area contributed by atoms with Crippen molar-refractivity contribution in [2.24, 2.45) is 5.92 Å². The molecule has 1 heterocycles. The van der Waals surface area contributed by atoms with Crippen LogP contribution in [0.15, 0.2) is 17.0 Å². The van der Waals surface area contributed by atoms with Crippen molar-refractivity contribution in [1.29, 1.82) is 0 Å². The van der Waals surface area contributed by atoms with E-state index in [1.165, 1.54) is 6.39 Å². The maximum atomic E-state index is 4.98. The van der Waals surface area contributed by atoms with Crippen molar-refractivity contribution in [2.45, 2.75) is 54.4 Å². The standard InChI is InChI=1S/C6H9NO.C4H10.C2H6/c1-5(2)6-3-7-4-8-6;1-4(2)3;1-2/h3-5H,1-2H3;4H,1-3H3;1-2H3. The molecule has 2 nitrogen and oxygen atoms in total. The zero-order valence-corrected chi connectivity index (χ0v) is 10.7. The first-order valence-electron chi connectivity index (χ1n) is 5.42. The van der Waals surface area contributed by atoms with E-state index < -0.39 is 0 Å². The summed E-state index contributed by atoms with van der Waals surface area (Å²) in [5, 5.41) is 0. The molecule has 0 atom stereocenters. The summed E-state index contributed by atoms with van der Waals surface area (Å²) in [6.45, 7) is 14.6. The minimum Gasteiger partial charge on any atom is -0.448 e. The quantitative estimate of drug-likeness (QED) is 0.666. The Labute approximate surface area is 88.7 Å². The Morgan fingerprint density at radius 3 is 1.64 bits per heavy atom. The van der Waals surface area contributed by atoms with Gasteiger partial charge in [0, 0.05) is 5.92 Å². The highest BCUT2D eigenvalue weighted by Crippen LogP contribution is 2.10. The molecule has 0 amide bonds. The van der Waals surface area contributed by atoms with Crippen molar-refractivity contribution in [3.63, 3.8) is 0 Å². The Morgan fingerprint density at radius 2 is 1.50 bits per heavy atom. The van der Waals surface area contributed by atoms with Gasteiger partial charge in [0.05, 0.1) is 6.20 Å². The first-order chi connectivity index (χ1) is 6.54. The van der Waals surface area contributed by atoms with E-state index in [4.69, 9.17) is 4.42 Å². The van der Waals surface area contributed by atoms with E-state index in [9.17, 15) is 0 Å². The van der Waals surface area contributed by atoms with E-state index in [1.54, 1.807) is 6.20 Å². The molecule has 0 fully saturated rings. The topological polar surface area (TPSA) is 26.0 Å². The molecule has 0 unspecified atom stereocenters. The number of nitrogens with zero attached hydrogens (tertiary/aromatic N) is 1. The second kappa shape index (κ2) is 10.3. The zero-order valence-electron chi connectivity index (χ0n) is 10.7. The zero-order chi connectivity index (χ0) is 11.6. The molecule has 0 aliphatic carbocycles. The Bertz CT molecular complexity index is 175. The van der Waals surface area contributed by atoms with Gasteiger partial charge in [0.25, 0.3) is 0 Å². The smallest absolute Gasteiger partial charge is 0.180 e. The van der Waals surface area contributed by atoms with E-state index in [2.05, 4.69) is 39.6 Å². The monoisotopic (exact) mass is 199 g/mol. The molecular weight excluding hydrogens is 174 g/mol. The Kier molecular flexibility index (Phi) is 11.5. The van der Waals surface area contributed by atoms with E-state index >= 15 is 0 Å². The second-order valence-corrected chi connectivity index (χ2v) is 3.79. The summed E-state index contributed by atoms with van der Waals surface area (Å²) in [7, 11) is 0. The lowest BCUT2D eigenvalue weighted by molar-refractivity contribution is 0.482. The van der Waals surface area contributed by atoms with Crippen molar-refractivity contribution in [1.82, 2.24) is 4.98 Å². The molecule has 1 rings (SSSR count). The molecule has 0 radical (unpaired) electrons. The van der Waals surface area contributed by atoms with Gasteiger partial charge in [0.1, 0.15) is 5.76 Å². The average molecular weight is 199 g/mol. The molecule has 0 spiro atoms. The fraction of sp³-hybridized carbons (Fsp3) is 0.750. The highest BCUT2D eigenvalue weighted by Gasteiger charge is 1.99. The summed E-state index contributed by atoms with van der Waals surface area (Å²) in [4.78, 5) is 3.78. The number of oxazole rings is 1. The summed E-state index contributed by atoms with van der Waals surface area (Å²) < 4.78 is 4.98. The first-order valence-corrected chi connectivity index (χ1v) is 5.42. The number of hydrogen-bond acceptors (Lipinski definition) is 2. The predicted octanol–water partition coefficient (Wildman–Crippen LogP) is 4.49. The third-order valence-corrected chi connectivity index (χ3v) is 1.02. The van der Waals surface area contributed by atoms with Gasteiger partial charge < -0.3 is 4.42 Å². The molecule has 0 bridgehead atoms. The van der Waals surface area contributed by atoms with Crippen LogP contribution >= 0.6 is 0 Å². The largest absolute Gasteiger partial charge is 0.448 e. The number of hydrogen-bond donors (Lipinski definition) is 0. The summed E-state index contributed by atoms with van der Waals surface area (Å²) in [6, 6.07) is 0. The van der Waals surface area contributed by atoms with Gasteiger partial charge in [-0.2, -0.15) is 0 Å². The van der Waals surface area contributed by atoms with Gasteiger partial charge in [-0.3, -0.25) is 0 Å². The highest BCUT2D eigenvalue weighted by atomic mass is 16.3. The van der Waals surface area contributed by atoms with Crippen LogP contribution in [0.3, 0.4) is 0 Å². The summed E-state index contributed by atoms with van der Waals surface area (Å²) in [6.07, 6.45) is 3.19. The van der Waals surface area contributed by atoms with Crippen LogP contribution in [0, 0.1) is 5.92 Å². The van der Waals surface area contributed by atoms with Gasteiger partial charge in [-0.25, -0.2) is 4.98 Å². The Morgan fingerprint density at radius 1 is 1.07 bits per heavy atom. The molecular formula is C12H25NO. The van der Waals surface area contributed by atoms with Gasteiger partial charge in [-0.1, -0.05) is 48.5 Å². The molecule has 0 N–H and O–H groups in total. The minimum absolute atomic E-state index is 0.456. The maximum absolute atomic E-state index is 4.98. The summed E-state index contributed by atoms with van der Waals surface area (Å²) in [5.41, 5.74) is 0. The molecule has 2 heteroatoms. The minimum atomic E-state index is 0.456. The van der Waals surface area contributed by atoms with Crippen molar-refractivity contribution in [3.05, 3.63) is 18.4 Å². The van der Waals surface area contributed by atoms with Crippen LogP contribution in [0.1, 0.15) is 60.1 Å². The van der Waals surface area contributed by atoms with Crippen LogP contribution in [0.25, 0.3) is 0 Å². The van der Waals surface area contributed by atoms with Crippen LogP contribution in [-0.4, -0.2) is 4.98 Å². The van der Waals surface area contributed by atoms with Crippen molar-refractivity contribution in [3.8, 4) is 0 Å². The lowest BCUT2D eigenvalue weighted by Crippen LogP contribution is -1.79. The first kappa shape index (κ1) is 15.7. The predicted molar refractivity (Wildman–Crippen MR) is 62.5 cm³/mol. The number of aromatic nitrogens is 1. The normalized spacial score (nSPS) is 8.93. The molecule has 0 saturated heterocycles. The number of rotatable bonds is 1. The molecule has 1 aromatic heterocycles. The SMILES string of the molecule is CC.CC(C)C.CC(C)c1cnco1. The molecule has 84 valence electrons. The Balaban J connectivity index is 0. The maximum Gasteiger partial charge on any atom is 0.180 e. The molecule has 0 aliphatic heterocycles. The fourth-order valence-electron chi connectivity index (χ4n) is 0.511. The molecule has 0 aromatic carbocycles. The highest BCUT2D eigenvalue weighted by molar-refractivity contribution is 4.93. The van der Waals surface area contributed by atoms with E-state index in [-0.39, 0.29) is 0 Å². The van der Waals surface area contributed by atoms with Crippen LogP contribution in [-0.2, 0) is 0 Å². The Hall–Kier alpha value is -0.790. The molecule has 0 saturated carbocycles. The average Bonchev–Trinajstić information content (AvgIpc) is 2.58. The molecule has 1 aromatic rings. The summed E-state index contributed by atoms with van der Waals surface area (Å²) in [5.74, 6) is 2.24. The lowest BCUT2D eigenvalue weighted by atomic mass is 10.2. The third kappa shape index (κ3) is 11.2. The van der Waals surface area contributed by atoms with Crippen molar-refractivity contribution < 1.29 is 4.42 Å². The second-order valence-electron chi connectivity index (χ2n) is 3.79. The van der Waals surface area contributed by atoms with Crippen LogP contribution in [0.2, 0.25) is 0 Å². The fourth-order valence-corrected chi connectivity index (χ4v) is 0.511. The van der Waals surface area contributed by atoms with Gasteiger partial charge in [-0.05, 0) is 5.92 Å². The van der Waals surface area contributed by atoms with E-state index in [1.807, 2.05) is 13.8 Å². The van der Waals surface area contributed by atoms with Gasteiger partial charge in [-0.15, -0.1) is 0 Å². The van der Waals surface area contributed by atoms with Crippen molar-refractivity contribution >= 4 is 0 Å². The van der Waals surface area contributed by atoms with E-state index in [0.717, 1.165) is 11.7 Å². The van der Waals surface area contributed by atoms with Crippen LogP contribution < -0.4 is 0 Å². The van der Waals surface area contributed by atoms with Gasteiger partial charge >= 0.3 is 0 Å². The van der Waals surface area contributed by atoms with Crippen LogP contribution in [0.4, 0.5) is 0 Å². The lowest BCUT2D eigenvalue weighted by Gasteiger charge is -1.93. The van der Waals surface area contributed by atoms with Gasteiger partial charge in [0.2, 0.25) is 0 Å². The molecule has 0 aliphatic rings. The van der Waals surface area contributed by atoms with Gasteiger partial charge in [0.15, 0.2) is 6.39 Å². The van der Waals surface area contributed by atoms with E-state index in [0.29, 0.717) is 5.92 Å². The third-order valence-electron chi connectivity index (χ3n) is 1.02. The summed E-state index contributed by atoms with van der Waals surface area (Å²) >= 11 is 0. The van der Waals surface area contributed by atoms with Crippen LogP contribution in [0.5, 0.6) is 0 Å². The molecule has 14 heavy (non-hydrogen) atoms. The van der Waals surface area contributed by atoms with Crippen molar-refractivity contribution in [2.75, 3.05) is 0 Å².